The average molecular weight is 230 g/mol. The summed E-state index contributed by atoms with van der Waals surface area (Å²) in [5, 5.41) is 12.8. The van der Waals surface area contributed by atoms with Gasteiger partial charge in [-0.3, -0.25) is 0 Å². The summed E-state index contributed by atoms with van der Waals surface area (Å²) in [6.07, 6.45) is 2.30. The predicted octanol–water partition coefficient (Wildman–Crippen LogP) is 1.89. The van der Waals surface area contributed by atoms with Crippen molar-refractivity contribution >= 4 is 23.1 Å². The number of hydrogen-bond donors (Lipinski definition) is 3. The van der Waals surface area contributed by atoms with E-state index in [0.29, 0.717) is 16.5 Å². The topological polar surface area (TPSA) is 71.2 Å². The molecule has 0 amide bonds. The fourth-order valence-corrected chi connectivity index (χ4v) is 1.29. The number of aromatic nitrogens is 1. The van der Waals surface area contributed by atoms with Crippen LogP contribution in [-0.4, -0.2) is 22.2 Å². The first-order valence-electron chi connectivity index (χ1n) is 4.81. The van der Waals surface area contributed by atoms with Crippen molar-refractivity contribution in [1.82, 2.24) is 4.98 Å². The molecule has 0 aliphatic rings. The third-order valence-corrected chi connectivity index (χ3v) is 2.70. The molecule has 0 aromatic carbocycles. The second-order valence-corrected chi connectivity index (χ2v) is 4.20. The fraction of sp³-hybridized carbons (Fsp3) is 0.500. The van der Waals surface area contributed by atoms with Gasteiger partial charge in [-0.2, -0.15) is 0 Å². The number of nitrogen functional groups attached to an aromatic ring is 1. The van der Waals surface area contributed by atoms with Crippen LogP contribution in [-0.2, 0) is 0 Å². The van der Waals surface area contributed by atoms with Gasteiger partial charge in [0.2, 0.25) is 0 Å². The van der Waals surface area contributed by atoms with Crippen LogP contribution in [0, 0.1) is 0 Å². The first kappa shape index (κ1) is 12.1. The second-order valence-electron chi connectivity index (χ2n) is 3.80. The molecule has 4 nitrogen and oxygen atoms in total. The van der Waals surface area contributed by atoms with Crippen molar-refractivity contribution in [1.29, 1.82) is 0 Å². The van der Waals surface area contributed by atoms with E-state index in [-0.39, 0.29) is 6.61 Å². The Labute approximate surface area is 94.5 Å². The molecule has 0 fully saturated rings. The average Bonchev–Trinajstić information content (AvgIpc) is 2.22. The van der Waals surface area contributed by atoms with Crippen LogP contribution in [0.4, 0.5) is 11.5 Å². The van der Waals surface area contributed by atoms with Gasteiger partial charge in [0, 0.05) is 0 Å². The predicted molar refractivity (Wildman–Crippen MR) is 63.1 cm³/mol. The van der Waals surface area contributed by atoms with Crippen LogP contribution in [0.25, 0.3) is 0 Å². The van der Waals surface area contributed by atoms with E-state index in [4.69, 9.17) is 17.3 Å². The molecule has 4 N–H and O–H groups in total. The molecule has 0 aliphatic heterocycles. The van der Waals surface area contributed by atoms with Crippen LogP contribution in [0.1, 0.15) is 20.3 Å². The summed E-state index contributed by atoms with van der Waals surface area (Å²) in [5.41, 5.74) is 5.64. The maximum Gasteiger partial charge on any atom is 0.145 e. The summed E-state index contributed by atoms with van der Waals surface area (Å²) >= 11 is 5.96. The first-order valence-corrected chi connectivity index (χ1v) is 5.18. The molecule has 1 heterocycles. The highest BCUT2D eigenvalue weighted by Gasteiger charge is 2.21. The molecular formula is C10H16ClN3O. The van der Waals surface area contributed by atoms with Crippen molar-refractivity contribution in [2.24, 2.45) is 0 Å². The Bertz CT molecular complexity index is 339. The first-order chi connectivity index (χ1) is 7.00. The lowest BCUT2D eigenvalue weighted by atomic mass is 10.0. The van der Waals surface area contributed by atoms with E-state index in [9.17, 15) is 5.11 Å². The van der Waals surface area contributed by atoms with Crippen molar-refractivity contribution in [2.45, 2.75) is 25.8 Å². The molecule has 15 heavy (non-hydrogen) atoms. The molecular weight excluding hydrogens is 214 g/mol. The zero-order valence-electron chi connectivity index (χ0n) is 8.92. The minimum absolute atomic E-state index is 0.0197. The van der Waals surface area contributed by atoms with Gasteiger partial charge in [-0.25, -0.2) is 4.98 Å². The van der Waals surface area contributed by atoms with Crippen LogP contribution >= 0.6 is 11.6 Å². The summed E-state index contributed by atoms with van der Waals surface area (Å²) in [6.45, 7) is 3.90. The molecule has 0 spiro atoms. The molecule has 0 saturated heterocycles. The molecule has 1 rings (SSSR count). The molecule has 0 aliphatic carbocycles. The van der Waals surface area contributed by atoms with Gasteiger partial charge < -0.3 is 16.2 Å². The monoisotopic (exact) mass is 229 g/mol. The van der Waals surface area contributed by atoms with E-state index in [1.54, 1.807) is 6.07 Å². The molecule has 0 saturated carbocycles. The molecule has 0 radical (unpaired) electrons. The van der Waals surface area contributed by atoms with E-state index in [1.807, 2.05) is 13.8 Å². The summed E-state index contributed by atoms with van der Waals surface area (Å²) in [5.74, 6) is 0.546. The smallest absolute Gasteiger partial charge is 0.145 e. The van der Waals surface area contributed by atoms with Crippen LogP contribution in [0.2, 0.25) is 5.02 Å². The van der Waals surface area contributed by atoms with Crippen LogP contribution in [0.3, 0.4) is 0 Å². The molecule has 5 heteroatoms. The Morgan fingerprint density at radius 2 is 2.33 bits per heavy atom. The van der Waals surface area contributed by atoms with Crippen LogP contribution < -0.4 is 11.1 Å². The molecule has 1 aromatic heterocycles. The zero-order chi connectivity index (χ0) is 11.5. The number of nitrogens with two attached hydrogens (primary N) is 1. The summed E-state index contributed by atoms with van der Waals surface area (Å²) in [6, 6.07) is 1.63. The Morgan fingerprint density at radius 3 is 2.80 bits per heavy atom. The third-order valence-electron chi connectivity index (χ3n) is 2.41. The minimum atomic E-state index is -0.410. The number of halogens is 1. The molecule has 84 valence electrons. The summed E-state index contributed by atoms with van der Waals surface area (Å²) in [4.78, 5) is 4.08. The molecule has 1 atom stereocenters. The van der Waals surface area contributed by atoms with Gasteiger partial charge >= 0.3 is 0 Å². The number of rotatable bonds is 4. The van der Waals surface area contributed by atoms with Gasteiger partial charge in [-0.1, -0.05) is 18.5 Å². The highest BCUT2D eigenvalue weighted by atomic mass is 35.5. The maximum absolute atomic E-state index is 9.23. The summed E-state index contributed by atoms with van der Waals surface area (Å²) in [7, 11) is 0. The van der Waals surface area contributed by atoms with Gasteiger partial charge in [-0.15, -0.1) is 0 Å². The molecule has 1 aromatic rings. The van der Waals surface area contributed by atoms with Gasteiger partial charge in [0.05, 0.1) is 29.1 Å². The maximum atomic E-state index is 9.23. The lowest BCUT2D eigenvalue weighted by Gasteiger charge is -2.28. The van der Waals surface area contributed by atoms with Gasteiger partial charge in [0.1, 0.15) is 5.82 Å². The van der Waals surface area contributed by atoms with E-state index in [2.05, 4.69) is 10.3 Å². The SMILES string of the molecule is CCC(C)(CO)Nc1ncc(N)cc1Cl. The van der Waals surface area contributed by atoms with E-state index in [0.717, 1.165) is 6.42 Å². The van der Waals surface area contributed by atoms with Gasteiger partial charge in [-0.05, 0) is 19.4 Å². The summed E-state index contributed by atoms with van der Waals surface area (Å²) < 4.78 is 0. The van der Waals surface area contributed by atoms with E-state index >= 15 is 0 Å². The van der Waals surface area contributed by atoms with Gasteiger partial charge in [0.15, 0.2) is 0 Å². The number of nitrogens with one attached hydrogen (secondary N) is 1. The van der Waals surface area contributed by atoms with Gasteiger partial charge in [0.25, 0.3) is 0 Å². The van der Waals surface area contributed by atoms with Crippen LogP contribution in [0.15, 0.2) is 12.3 Å². The highest BCUT2D eigenvalue weighted by molar-refractivity contribution is 6.33. The number of aliphatic hydroxyl groups excluding tert-OH is 1. The fourth-order valence-electron chi connectivity index (χ4n) is 1.07. The minimum Gasteiger partial charge on any atom is -0.397 e. The van der Waals surface area contributed by atoms with Crippen molar-refractivity contribution in [3.05, 3.63) is 17.3 Å². The van der Waals surface area contributed by atoms with E-state index in [1.165, 1.54) is 6.20 Å². The van der Waals surface area contributed by atoms with Crippen molar-refractivity contribution in [3.63, 3.8) is 0 Å². The number of pyridine rings is 1. The molecule has 0 bridgehead atoms. The Hall–Kier alpha value is -1.00. The lowest BCUT2D eigenvalue weighted by molar-refractivity contribution is 0.218. The van der Waals surface area contributed by atoms with Crippen LogP contribution in [0.5, 0.6) is 0 Å². The Morgan fingerprint density at radius 1 is 1.67 bits per heavy atom. The molecule has 1 unspecified atom stereocenters. The number of nitrogens with zero attached hydrogens (tertiary/aromatic N) is 1. The Kier molecular flexibility index (Phi) is 3.77. The van der Waals surface area contributed by atoms with E-state index < -0.39 is 5.54 Å². The van der Waals surface area contributed by atoms with Crippen molar-refractivity contribution in [3.8, 4) is 0 Å². The largest absolute Gasteiger partial charge is 0.397 e. The van der Waals surface area contributed by atoms with Crippen molar-refractivity contribution in [2.75, 3.05) is 17.7 Å². The number of hydrogen-bond acceptors (Lipinski definition) is 4. The van der Waals surface area contributed by atoms with Crippen molar-refractivity contribution < 1.29 is 5.11 Å². The zero-order valence-corrected chi connectivity index (χ0v) is 9.67. The Balaban J connectivity index is 2.89. The number of anilines is 2. The highest BCUT2D eigenvalue weighted by Crippen LogP contribution is 2.25. The second kappa shape index (κ2) is 4.68. The normalized spacial score (nSPS) is 14.7. The lowest BCUT2D eigenvalue weighted by Crippen LogP contribution is -2.38. The number of aliphatic hydroxyl groups is 1. The quantitative estimate of drug-likeness (QED) is 0.738. The third kappa shape index (κ3) is 2.97. The standard InChI is InChI=1S/C10H16ClN3O/c1-3-10(2,6-15)14-9-8(11)4-7(12)5-13-9/h4-5,15H,3,6,12H2,1-2H3,(H,13,14).